The van der Waals surface area contributed by atoms with E-state index in [1.807, 2.05) is 35.7 Å². The highest BCUT2D eigenvalue weighted by atomic mass is 32.1. The van der Waals surface area contributed by atoms with Gasteiger partial charge in [0, 0.05) is 19.2 Å². The van der Waals surface area contributed by atoms with Crippen LogP contribution in [-0.2, 0) is 0 Å². The Hall–Kier alpha value is -2.01. The maximum atomic E-state index is 12.3. The smallest absolute Gasteiger partial charge is 0.265 e. The maximum Gasteiger partial charge on any atom is 0.265 e. The summed E-state index contributed by atoms with van der Waals surface area (Å²) in [6.45, 7) is 2.07. The van der Waals surface area contributed by atoms with E-state index in [2.05, 4.69) is 10.2 Å². The molecule has 1 aliphatic heterocycles. The molecule has 0 atom stereocenters. The van der Waals surface area contributed by atoms with Gasteiger partial charge in [-0.25, -0.2) is 0 Å². The van der Waals surface area contributed by atoms with Gasteiger partial charge in [-0.3, -0.25) is 4.79 Å². The number of nitrogens with zero attached hydrogens (tertiary/aromatic N) is 1. The summed E-state index contributed by atoms with van der Waals surface area (Å²) in [7, 11) is 1.63. The molecule has 1 amide bonds. The molecule has 0 radical (unpaired) electrons. The van der Waals surface area contributed by atoms with Crippen molar-refractivity contribution in [1.82, 2.24) is 0 Å². The molecule has 110 valence electrons. The quantitative estimate of drug-likeness (QED) is 0.938. The van der Waals surface area contributed by atoms with Crippen LogP contribution in [0.4, 0.5) is 11.4 Å². The minimum atomic E-state index is -0.0706. The first-order chi connectivity index (χ1) is 10.3. The fourth-order valence-corrected chi connectivity index (χ4v) is 3.19. The van der Waals surface area contributed by atoms with Crippen LogP contribution in [0.5, 0.6) is 5.75 Å². The van der Waals surface area contributed by atoms with Crippen LogP contribution in [0.1, 0.15) is 22.5 Å². The molecule has 1 saturated heterocycles. The molecule has 4 nitrogen and oxygen atoms in total. The average molecular weight is 302 g/mol. The van der Waals surface area contributed by atoms with E-state index in [1.165, 1.54) is 24.2 Å². The van der Waals surface area contributed by atoms with Crippen molar-refractivity contribution in [2.75, 3.05) is 30.4 Å². The molecule has 0 saturated carbocycles. The van der Waals surface area contributed by atoms with Crippen LogP contribution in [0, 0.1) is 0 Å². The monoisotopic (exact) mass is 302 g/mol. The van der Waals surface area contributed by atoms with Crippen molar-refractivity contribution in [2.45, 2.75) is 12.8 Å². The Balaban J connectivity index is 1.88. The molecule has 0 spiro atoms. The number of hydrogen-bond donors (Lipinski definition) is 1. The molecular weight excluding hydrogens is 284 g/mol. The summed E-state index contributed by atoms with van der Waals surface area (Å²) in [6, 6.07) is 9.56. The number of hydrogen-bond acceptors (Lipinski definition) is 4. The van der Waals surface area contributed by atoms with Crippen LogP contribution >= 0.6 is 11.3 Å². The molecule has 0 aliphatic carbocycles. The van der Waals surface area contributed by atoms with E-state index >= 15 is 0 Å². The summed E-state index contributed by atoms with van der Waals surface area (Å²) in [5.41, 5.74) is 1.88. The summed E-state index contributed by atoms with van der Waals surface area (Å²) >= 11 is 1.44. The highest BCUT2D eigenvalue weighted by Gasteiger charge is 2.18. The van der Waals surface area contributed by atoms with Crippen LogP contribution < -0.4 is 15.0 Å². The van der Waals surface area contributed by atoms with Crippen molar-refractivity contribution in [3.8, 4) is 5.75 Å². The SMILES string of the molecule is COc1ccc(N2CCCC2)c(NC(=O)c2cccs2)c1. The van der Waals surface area contributed by atoms with Gasteiger partial charge in [-0.05, 0) is 36.4 Å². The lowest BCUT2D eigenvalue weighted by molar-refractivity contribution is 0.103. The zero-order valence-corrected chi connectivity index (χ0v) is 12.8. The van der Waals surface area contributed by atoms with Gasteiger partial charge in [-0.2, -0.15) is 0 Å². The molecule has 1 aliphatic rings. The first-order valence-corrected chi connectivity index (χ1v) is 7.94. The number of anilines is 2. The Labute approximate surface area is 128 Å². The van der Waals surface area contributed by atoms with E-state index in [0.717, 1.165) is 30.2 Å². The first-order valence-electron chi connectivity index (χ1n) is 7.06. The Bertz CT molecular complexity index is 619. The van der Waals surface area contributed by atoms with E-state index in [-0.39, 0.29) is 5.91 Å². The van der Waals surface area contributed by atoms with E-state index < -0.39 is 0 Å². The van der Waals surface area contributed by atoms with Gasteiger partial charge in [0.15, 0.2) is 0 Å². The molecule has 1 aromatic heterocycles. The minimum absolute atomic E-state index is 0.0706. The molecular formula is C16H18N2O2S. The first kappa shape index (κ1) is 13.9. The Kier molecular flexibility index (Phi) is 4.10. The van der Waals surface area contributed by atoms with Crippen LogP contribution in [0.25, 0.3) is 0 Å². The lowest BCUT2D eigenvalue weighted by Crippen LogP contribution is -2.21. The summed E-state index contributed by atoms with van der Waals surface area (Å²) in [4.78, 5) is 15.3. The van der Waals surface area contributed by atoms with Gasteiger partial charge < -0.3 is 15.0 Å². The third-order valence-corrected chi connectivity index (χ3v) is 4.51. The second-order valence-electron chi connectivity index (χ2n) is 5.01. The lowest BCUT2D eigenvalue weighted by atomic mass is 10.2. The van der Waals surface area contributed by atoms with Gasteiger partial charge in [0.05, 0.1) is 23.4 Å². The second kappa shape index (κ2) is 6.18. The summed E-state index contributed by atoms with van der Waals surface area (Å²) in [5.74, 6) is 0.679. The summed E-state index contributed by atoms with van der Waals surface area (Å²) < 4.78 is 5.28. The third-order valence-electron chi connectivity index (χ3n) is 3.64. The fraction of sp³-hybridized carbons (Fsp3) is 0.312. The lowest BCUT2D eigenvalue weighted by Gasteiger charge is -2.22. The van der Waals surface area contributed by atoms with Gasteiger partial charge in [0.25, 0.3) is 5.91 Å². The van der Waals surface area contributed by atoms with Crippen LogP contribution in [0.2, 0.25) is 0 Å². The predicted octanol–water partition coefficient (Wildman–Crippen LogP) is 3.61. The number of benzene rings is 1. The predicted molar refractivity (Wildman–Crippen MR) is 86.7 cm³/mol. The zero-order chi connectivity index (χ0) is 14.7. The Morgan fingerprint density at radius 1 is 1.29 bits per heavy atom. The largest absolute Gasteiger partial charge is 0.497 e. The van der Waals surface area contributed by atoms with Crippen molar-refractivity contribution < 1.29 is 9.53 Å². The molecule has 5 heteroatoms. The molecule has 1 N–H and O–H groups in total. The standard InChI is InChI=1S/C16H18N2O2S/c1-20-12-6-7-14(18-8-2-3-9-18)13(11-12)17-16(19)15-5-4-10-21-15/h4-7,10-11H,2-3,8-9H2,1H3,(H,17,19). The average Bonchev–Trinajstić information content (AvgIpc) is 3.20. The summed E-state index contributed by atoms with van der Waals surface area (Å²) in [6.07, 6.45) is 2.40. The van der Waals surface area contributed by atoms with Crippen molar-refractivity contribution in [3.63, 3.8) is 0 Å². The number of nitrogens with one attached hydrogen (secondary N) is 1. The third kappa shape index (κ3) is 3.03. The van der Waals surface area contributed by atoms with Crippen LogP contribution in [0.3, 0.4) is 0 Å². The van der Waals surface area contributed by atoms with Gasteiger partial charge >= 0.3 is 0 Å². The topological polar surface area (TPSA) is 41.6 Å². The second-order valence-corrected chi connectivity index (χ2v) is 5.96. The molecule has 2 aromatic rings. The van der Waals surface area contributed by atoms with E-state index in [1.54, 1.807) is 7.11 Å². The van der Waals surface area contributed by atoms with Crippen LogP contribution in [-0.4, -0.2) is 26.1 Å². The number of carbonyl (C=O) groups excluding carboxylic acids is 1. The van der Waals surface area contributed by atoms with Crippen LogP contribution in [0.15, 0.2) is 35.7 Å². The highest BCUT2D eigenvalue weighted by Crippen LogP contribution is 2.33. The number of amides is 1. The zero-order valence-electron chi connectivity index (χ0n) is 12.0. The highest BCUT2D eigenvalue weighted by molar-refractivity contribution is 7.12. The minimum Gasteiger partial charge on any atom is -0.497 e. The van der Waals surface area contributed by atoms with Gasteiger partial charge in [0.2, 0.25) is 0 Å². The van der Waals surface area contributed by atoms with Crippen molar-refractivity contribution in [2.24, 2.45) is 0 Å². The molecule has 2 heterocycles. The normalized spacial score (nSPS) is 14.2. The fourth-order valence-electron chi connectivity index (χ4n) is 2.57. The Morgan fingerprint density at radius 3 is 2.76 bits per heavy atom. The van der Waals surface area contributed by atoms with E-state index in [9.17, 15) is 4.79 Å². The van der Waals surface area contributed by atoms with Crippen molar-refractivity contribution in [1.29, 1.82) is 0 Å². The molecule has 21 heavy (non-hydrogen) atoms. The summed E-state index contributed by atoms with van der Waals surface area (Å²) in [5, 5.41) is 4.92. The Morgan fingerprint density at radius 2 is 2.10 bits per heavy atom. The molecule has 1 fully saturated rings. The molecule has 1 aromatic carbocycles. The van der Waals surface area contributed by atoms with E-state index in [0.29, 0.717) is 4.88 Å². The number of ether oxygens (including phenoxy) is 1. The van der Waals surface area contributed by atoms with Crippen molar-refractivity contribution >= 4 is 28.6 Å². The van der Waals surface area contributed by atoms with Gasteiger partial charge in [-0.15, -0.1) is 11.3 Å². The number of carbonyl (C=O) groups is 1. The van der Waals surface area contributed by atoms with Gasteiger partial charge in [-0.1, -0.05) is 6.07 Å². The van der Waals surface area contributed by atoms with Gasteiger partial charge in [0.1, 0.15) is 5.75 Å². The maximum absolute atomic E-state index is 12.3. The number of methoxy groups -OCH3 is 1. The molecule has 3 rings (SSSR count). The van der Waals surface area contributed by atoms with Crippen molar-refractivity contribution in [3.05, 3.63) is 40.6 Å². The number of thiophene rings is 1. The van der Waals surface area contributed by atoms with E-state index in [4.69, 9.17) is 4.74 Å². The molecule has 0 bridgehead atoms. The number of rotatable bonds is 4. The molecule has 0 unspecified atom stereocenters.